The fraction of sp³-hybridized carbons (Fsp3) is 0.300. The van der Waals surface area contributed by atoms with Crippen molar-refractivity contribution in [3.05, 3.63) is 100 Å². The number of nitrogens with one attached hydrogen (secondary N) is 1. The molecule has 0 spiro atoms. The van der Waals surface area contributed by atoms with Crippen molar-refractivity contribution in [3.8, 4) is 22.6 Å². The lowest BCUT2D eigenvalue weighted by Gasteiger charge is -2.17. The first-order valence-corrected chi connectivity index (χ1v) is 17.7. The Hall–Kier alpha value is -4.87. The summed E-state index contributed by atoms with van der Waals surface area (Å²) in [5, 5.41) is 24.4. The van der Waals surface area contributed by atoms with Crippen LogP contribution in [-0.2, 0) is 17.9 Å². The lowest BCUT2D eigenvalue weighted by Crippen LogP contribution is -2.22. The van der Waals surface area contributed by atoms with E-state index in [4.69, 9.17) is 26.0 Å². The standard InChI is InChI=1S/C40H39ClN6O4/c1-23-30(5-3-7-32(23)39-45-35-17-25(16-33(41)37(35)51-39)19-46-13-10-28(21-46)40(49)50)31-6-4-8-34(24(31)2)44-38-36-27(9-12-42-38)15-26(18-43-36)20-47-14-11-29(48)22-47/h3-9,12,15-18,28-29,48H,10-11,13-14,19-22H2,1-2H3,(H,42,44)(H,49,50)/t28-,29+/m1/s1. The van der Waals surface area contributed by atoms with Crippen LogP contribution in [0.1, 0.15) is 35.1 Å². The van der Waals surface area contributed by atoms with Gasteiger partial charge in [-0.3, -0.25) is 19.6 Å². The molecule has 8 rings (SSSR count). The maximum atomic E-state index is 11.4. The van der Waals surface area contributed by atoms with E-state index in [2.05, 4.69) is 58.2 Å². The first-order valence-electron chi connectivity index (χ1n) is 17.4. The lowest BCUT2D eigenvalue weighted by atomic mass is 9.93. The number of halogens is 1. The van der Waals surface area contributed by atoms with Crippen molar-refractivity contribution >= 4 is 51.1 Å². The Bertz CT molecular complexity index is 2290. The van der Waals surface area contributed by atoms with E-state index < -0.39 is 5.97 Å². The number of fused-ring (bicyclic) bond motifs is 2. The number of carboxylic acids is 1. The maximum Gasteiger partial charge on any atom is 0.307 e. The zero-order valence-electron chi connectivity index (χ0n) is 28.6. The molecule has 2 atom stereocenters. The molecule has 2 aliphatic rings. The number of hydrogen-bond donors (Lipinski definition) is 3. The van der Waals surface area contributed by atoms with Gasteiger partial charge in [0.05, 0.1) is 17.0 Å². The van der Waals surface area contributed by atoms with Gasteiger partial charge in [0.15, 0.2) is 11.4 Å². The molecule has 0 amide bonds. The van der Waals surface area contributed by atoms with E-state index in [1.54, 1.807) is 6.20 Å². The Morgan fingerprint density at radius 1 is 0.922 bits per heavy atom. The molecule has 0 aliphatic carbocycles. The third kappa shape index (κ3) is 6.68. The number of aromatic nitrogens is 3. The number of nitrogens with zero attached hydrogens (tertiary/aromatic N) is 5. The van der Waals surface area contributed by atoms with Crippen molar-refractivity contribution in [3.63, 3.8) is 0 Å². The van der Waals surface area contributed by atoms with Gasteiger partial charge >= 0.3 is 5.97 Å². The molecule has 2 saturated heterocycles. The molecule has 0 unspecified atom stereocenters. The van der Waals surface area contributed by atoms with Crippen molar-refractivity contribution < 1.29 is 19.4 Å². The highest BCUT2D eigenvalue weighted by Crippen LogP contribution is 2.38. The van der Waals surface area contributed by atoms with Crippen molar-refractivity contribution in [1.29, 1.82) is 0 Å². The molecule has 3 N–H and O–H groups in total. The molecule has 2 fully saturated rings. The number of aliphatic hydroxyl groups is 1. The van der Waals surface area contributed by atoms with Gasteiger partial charge in [-0.2, -0.15) is 0 Å². The molecule has 0 bridgehead atoms. The minimum absolute atomic E-state index is 0.248. The number of pyridine rings is 2. The van der Waals surface area contributed by atoms with Gasteiger partial charge in [0.2, 0.25) is 5.89 Å². The van der Waals surface area contributed by atoms with Gasteiger partial charge in [-0.05, 0) is 103 Å². The molecule has 2 aliphatic heterocycles. The average Bonchev–Trinajstić information content (AvgIpc) is 3.86. The minimum atomic E-state index is -0.743. The van der Waals surface area contributed by atoms with Crippen LogP contribution >= 0.6 is 11.6 Å². The van der Waals surface area contributed by atoms with Crippen LogP contribution in [0, 0.1) is 19.8 Å². The van der Waals surface area contributed by atoms with Crippen LogP contribution in [0.15, 0.2) is 77.5 Å². The SMILES string of the molecule is Cc1c(Nc2nccc3cc(CN4CC[C@H](O)C4)cnc23)cccc1-c1cccc(-c2nc3cc(CN4CC[C@@H](C(=O)O)C4)cc(Cl)c3o2)c1C. The number of β-amino-alcohol motifs (C(OH)–C–C–N with tert-alkyl or cyclic N) is 1. The number of carboxylic acid groups (broad SMARTS) is 1. The van der Waals surface area contributed by atoms with Crippen molar-refractivity contribution in [2.45, 2.75) is 45.9 Å². The summed E-state index contributed by atoms with van der Waals surface area (Å²) in [5.41, 5.74) is 10.1. The van der Waals surface area contributed by atoms with E-state index >= 15 is 0 Å². The average molecular weight is 703 g/mol. The number of oxazole rings is 1. The van der Waals surface area contributed by atoms with Crippen LogP contribution in [0.3, 0.4) is 0 Å². The molecule has 0 saturated carbocycles. The van der Waals surface area contributed by atoms with Crippen LogP contribution in [0.25, 0.3) is 44.6 Å². The summed E-state index contributed by atoms with van der Waals surface area (Å²) in [4.78, 5) is 30.2. The maximum absolute atomic E-state index is 11.4. The van der Waals surface area contributed by atoms with Crippen LogP contribution in [-0.4, -0.2) is 73.2 Å². The van der Waals surface area contributed by atoms with Gasteiger partial charge < -0.3 is 19.9 Å². The van der Waals surface area contributed by atoms with Gasteiger partial charge in [0.25, 0.3) is 0 Å². The third-order valence-electron chi connectivity index (χ3n) is 10.3. The Balaban J connectivity index is 1.05. The predicted octanol–water partition coefficient (Wildman–Crippen LogP) is 7.59. The Morgan fingerprint density at radius 3 is 2.45 bits per heavy atom. The second-order valence-electron chi connectivity index (χ2n) is 13.8. The van der Waals surface area contributed by atoms with Gasteiger partial charge in [0, 0.05) is 61.8 Å². The summed E-state index contributed by atoms with van der Waals surface area (Å²) in [5.74, 6) is 0.109. The minimum Gasteiger partial charge on any atom is -0.481 e. The zero-order chi connectivity index (χ0) is 35.2. The van der Waals surface area contributed by atoms with E-state index in [-0.39, 0.29) is 12.0 Å². The molecular weight excluding hydrogens is 664 g/mol. The number of aliphatic hydroxyl groups excluding tert-OH is 1. The van der Waals surface area contributed by atoms with Gasteiger partial charge in [0.1, 0.15) is 11.0 Å². The number of carbonyl (C=O) groups is 1. The highest BCUT2D eigenvalue weighted by Gasteiger charge is 2.28. The Morgan fingerprint density at radius 2 is 1.67 bits per heavy atom. The molecule has 0 radical (unpaired) electrons. The number of rotatable bonds is 9. The first kappa shape index (κ1) is 33.3. The number of likely N-dealkylation sites (tertiary alicyclic amines) is 2. The second kappa shape index (κ2) is 13.7. The topological polar surface area (TPSA) is 128 Å². The number of aliphatic carboxylic acids is 1. The highest BCUT2D eigenvalue weighted by molar-refractivity contribution is 6.34. The smallest absolute Gasteiger partial charge is 0.307 e. The quantitative estimate of drug-likeness (QED) is 0.139. The fourth-order valence-electron chi connectivity index (χ4n) is 7.54. The monoisotopic (exact) mass is 702 g/mol. The van der Waals surface area contributed by atoms with Crippen LogP contribution in [0.2, 0.25) is 5.02 Å². The molecule has 3 aromatic heterocycles. The molecule has 3 aromatic carbocycles. The highest BCUT2D eigenvalue weighted by atomic mass is 35.5. The zero-order valence-corrected chi connectivity index (χ0v) is 29.3. The van der Waals surface area contributed by atoms with Gasteiger partial charge in [-0.25, -0.2) is 9.97 Å². The van der Waals surface area contributed by atoms with Crippen LogP contribution in [0.5, 0.6) is 0 Å². The van der Waals surface area contributed by atoms with E-state index in [1.165, 1.54) is 0 Å². The number of anilines is 2. The Labute approximate surface area is 300 Å². The second-order valence-corrected chi connectivity index (χ2v) is 14.2. The third-order valence-corrected chi connectivity index (χ3v) is 10.6. The van der Waals surface area contributed by atoms with Gasteiger partial charge in [-0.15, -0.1) is 0 Å². The molecule has 10 nitrogen and oxygen atoms in total. The normalized spacial score (nSPS) is 18.3. The van der Waals surface area contributed by atoms with Crippen molar-refractivity contribution in [2.24, 2.45) is 5.92 Å². The van der Waals surface area contributed by atoms with E-state index in [0.717, 1.165) is 81.6 Å². The summed E-state index contributed by atoms with van der Waals surface area (Å²) in [6.45, 7) is 8.40. The lowest BCUT2D eigenvalue weighted by molar-refractivity contribution is -0.141. The van der Waals surface area contributed by atoms with Crippen LogP contribution in [0.4, 0.5) is 11.5 Å². The van der Waals surface area contributed by atoms with E-state index in [9.17, 15) is 15.0 Å². The molecule has 51 heavy (non-hydrogen) atoms. The summed E-state index contributed by atoms with van der Waals surface area (Å²) in [6.07, 6.45) is 4.92. The fourth-order valence-corrected chi connectivity index (χ4v) is 7.81. The van der Waals surface area contributed by atoms with Crippen LogP contribution < -0.4 is 5.32 Å². The molecule has 5 heterocycles. The van der Waals surface area contributed by atoms with Crippen molar-refractivity contribution in [2.75, 3.05) is 31.5 Å². The van der Waals surface area contributed by atoms with E-state index in [0.29, 0.717) is 53.9 Å². The van der Waals surface area contributed by atoms with Gasteiger partial charge in [-0.1, -0.05) is 35.9 Å². The molecule has 11 heteroatoms. The number of benzene rings is 3. The Kier molecular flexibility index (Phi) is 8.93. The first-order chi connectivity index (χ1) is 24.7. The van der Waals surface area contributed by atoms with Crippen molar-refractivity contribution in [1.82, 2.24) is 24.8 Å². The summed E-state index contributed by atoms with van der Waals surface area (Å²) in [7, 11) is 0. The number of hydrogen-bond acceptors (Lipinski definition) is 9. The summed E-state index contributed by atoms with van der Waals surface area (Å²) < 4.78 is 6.28. The summed E-state index contributed by atoms with van der Waals surface area (Å²) in [6, 6.07) is 20.4. The molecular formula is C40H39ClN6O4. The van der Waals surface area contributed by atoms with E-state index in [1.807, 2.05) is 42.6 Å². The largest absolute Gasteiger partial charge is 0.481 e. The molecule has 6 aromatic rings. The molecule has 260 valence electrons. The predicted molar refractivity (Wildman–Crippen MR) is 199 cm³/mol. The summed E-state index contributed by atoms with van der Waals surface area (Å²) >= 11 is 6.71.